The van der Waals surface area contributed by atoms with Gasteiger partial charge in [0.25, 0.3) is 0 Å². The summed E-state index contributed by atoms with van der Waals surface area (Å²) in [6, 6.07) is 0. The number of hydrogen-bond acceptors (Lipinski definition) is 2. The van der Waals surface area contributed by atoms with E-state index in [4.69, 9.17) is 30.2 Å². The molecule has 0 heterocycles. The number of rotatable bonds is 2. The summed E-state index contributed by atoms with van der Waals surface area (Å²) in [4.78, 5) is 1.70. The van der Waals surface area contributed by atoms with E-state index < -0.39 is 0 Å². The van der Waals surface area contributed by atoms with Gasteiger partial charge in [0.2, 0.25) is 0 Å². The molecule has 3 atom stereocenters. The van der Waals surface area contributed by atoms with Gasteiger partial charge in [-0.2, -0.15) is 0 Å². The second-order valence-electron chi connectivity index (χ2n) is 4.25. The third-order valence-electron chi connectivity index (χ3n) is 3.16. The highest BCUT2D eigenvalue weighted by atomic mass is 32.1. The van der Waals surface area contributed by atoms with Crippen molar-refractivity contribution < 1.29 is 0 Å². The molecule has 0 aromatic heterocycles. The molecule has 0 saturated heterocycles. The van der Waals surface area contributed by atoms with Gasteiger partial charge < -0.3 is 5.73 Å². The Kier molecular flexibility index (Phi) is 3.78. The van der Waals surface area contributed by atoms with E-state index in [1.807, 2.05) is 0 Å². The zero-order valence-corrected chi connectivity index (χ0v) is 10.4. The van der Waals surface area contributed by atoms with Crippen molar-refractivity contribution in [3.8, 4) is 0 Å². The molecule has 1 aliphatic rings. The van der Waals surface area contributed by atoms with E-state index in [0.717, 1.165) is 17.7 Å². The fourth-order valence-corrected chi connectivity index (χ4v) is 2.65. The van der Waals surface area contributed by atoms with Gasteiger partial charge in [-0.3, -0.25) is 0 Å². The lowest BCUT2D eigenvalue weighted by atomic mass is 9.72. The Labute approximate surface area is 96.8 Å². The molecule has 1 rings (SSSR count). The number of thiocarbonyl (C=S) groups is 2. The van der Waals surface area contributed by atoms with Gasteiger partial charge in [-0.1, -0.05) is 43.5 Å². The van der Waals surface area contributed by atoms with Gasteiger partial charge in [-0.05, 0) is 36.5 Å². The van der Waals surface area contributed by atoms with E-state index in [2.05, 4.69) is 20.4 Å². The van der Waals surface area contributed by atoms with E-state index >= 15 is 0 Å². The summed E-state index contributed by atoms with van der Waals surface area (Å²) < 4.78 is 0. The van der Waals surface area contributed by atoms with Crippen LogP contribution in [0.1, 0.15) is 26.7 Å². The van der Waals surface area contributed by atoms with E-state index in [1.165, 1.54) is 5.57 Å². The van der Waals surface area contributed by atoms with Crippen LogP contribution in [0.15, 0.2) is 12.2 Å². The van der Waals surface area contributed by atoms with E-state index in [-0.39, 0.29) is 5.92 Å². The van der Waals surface area contributed by atoms with Crippen LogP contribution in [-0.4, -0.2) is 9.85 Å². The predicted octanol–water partition coefficient (Wildman–Crippen LogP) is 2.88. The molecule has 1 saturated carbocycles. The molecule has 0 spiro atoms. The van der Waals surface area contributed by atoms with Crippen LogP contribution in [0.3, 0.4) is 0 Å². The van der Waals surface area contributed by atoms with Crippen LogP contribution in [0.4, 0.5) is 0 Å². The number of allylic oxidation sites excluding steroid dienone is 1. The molecule has 0 radical (unpaired) electrons. The maximum absolute atomic E-state index is 5.72. The van der Waals surface area contributed by atoms with Gasteiger partial charge >= 0.3 is 0 Å². The average Bonchev–Trinajstić information content (AvgIpc) is 2.08. The Bertz CT molecular complexity index is 283. The molecule has 0 bridgehead atoms. The average molecular weight is 227 g/mol. The first-order valence-electron chi connectivity index (χ1n) is 4.91. The molecule has 0 aromatic carbocycles. The Hall–Kier alpha value is -0.280. The van der Waals surface area contributed by atoms with Crippen molar-refractivity contribution in [3.63, 3.8) is 0 Å². The Morgan fingerprint density at radius 1 is 1.57 bits per heavy atom. The Balaban J connectivity index is 2.81. The molecule has 78 valence electrons. The highest BCUT2D eigenvalue weighted by Gasteiger charge is 2.32. The minimum Gasteiger partial charge on any atom is -0.393 e. The van der Waals surface area contributed by atoms with Crippen LogP contribution < -0.4 is 5.73 Å². The van der Waals surface area contributed by atoms with Crippen molar-refractivity contribution in [1.82, 2.24) is 0 Å². The smallest absolute Gasteiger partial charge is 0.0765 e. The van der Waals surface area contributed by atoms with Gasteiger partial charge in [0.15, 0.2) is 0 Å². The van der Waals surface area contributed by atoms with Crippen molar-refractivity contribution in [1.29, 1.82) is 0 Å². The summed E-state index contributed by atoms with van der Waals surface area (Å²) in [7, 11) is 0. The normalized spacial score (nSPS) is 32.7. The molecule has 0 aromatic rings. The lowest BCUT2D eigenvalue weighted by molar-refractivity contribution is 0.407. The zero-order valence-electron chi connectivity index (χ0n) is 8.75. The van der Waals surface area contributed by atoms with E-state index in [0.29, 0.717) is 16.8 Å². The second kappa shape index (κ2) is 4.49. The molecule has 1 nitrogen and oxygen atoms in total. The van der Waals surface area contributed by atoms with Crippen LogP contribution in [0, 0.1) is 17.8 Å². The SMILES string of the molecule is C=C(C)C1CC(=S)C(C)C(C(N)=S)C1. The minimum absolute atomic E-state index is 0.271. The highest BCUT2D eigenvalue weighted by molar-refractivity contribution is 7.80. The topological polar surface area (TPSA) is 26.0 Å². The summed E-state index contributed by atoms with van der Waals surface area (Å²) in [6.45, 7) is 8.17. The van der Waals surface area contributed by atoms with Crippen molar-refractivity contribution in [2.45, 2.75) is 26.7 Å². The standard InChI is InChI=1S/C11H17NS2/c1-6(2)8-4-9(11(12)14)7(3)10(13)5-8/h7-9H,1,4-5H2,2-3H3,(H2,12,14). The van der Waals surface area contributed by atoms with Crippen molar-refractivity contribution in [3.05, 3.63) is 12.2 Å². The molecule has 0 amide bonds. The third kappa shape index (κ3) is 2.39. The molecular formula is C11H17NS2. The van der Waals surface area contributed by atoms with Gasteiger partial charge in [0.1, 0.15) is 0 Å². The highest BCUT2D eigenvalue weighted by Crippen LogP contribution is 2.35. The maximum atomic E-state index is 5.72. The quantitative estimate of drug-likeness (QED) is 0.580. The molecule has 3 heteroatoms. The van der Waals surface area contributed by atoms with Crippen molar-refractivity contribution in [2.75, 3.05) is 0 Å². The van der Waals surface area contributed by atoms with Crippen molar-refractivity contribution in [2.24, 2.45) is 23.5 Å². The number of nitrogens with two attached hydrogens (primary N) is 1. The Morgan fingerprint density at radius 3 is 2.57 bits per heavy atom. The van der Waals surface area contributed by atoms with Crippen LogP contribution in [0.25, 0.3) is 0 Å². The minimum atomic E-state index is 0.271. The molecule has 14 heavy (non-hydrogen) atoms. The van der Waals surface area contributed by atoms with E-state index in [9.17, 15) is 0 Å². The monoisotopic (exact) mass is 227 g/mol. The predicted molar refractivity (Wildman–Crippen MR) is 69.6 cm³/mol. The van der Waals surface area contributed by atoms with Crippen LogP contribution in [0.5, 0.6) is 0 Å². The largest absolute Gasteiger partial charge is 0.393 e. The molecule has 1 fully saturated rings. The van der Waals surface area contributed by atoms with E-state index in [1.54, 1.807) is 0 Å². The summed E-state index contributed by atoms with van der Waals surface area (Å²) in [6.07, 6.45) is 2.00. The Morgan fingerprint density at radius 2 is 2.14 bits per heavy atom. The first-order valence-corrected chi connectivity index (χ1v) is 5.72. The van der Waals surface area contributed by atoms with Crippen molar-refractivity contribution >= 4 is 34.3 Å². The molecule has 1 aliphatic carbocycles. The maximum Gasteiger partial charge on any atom is 0.0765 e. The lowest BCUT2D eigenvalue weighted by Crippen LogP contribution is -2.37. The summed E-state index contributed by atoms with van der Waals surface area (Å²) in [5.41, 5.74) is 6.92. The summed E-state index contributed by atoms with van der Waals surface area (Å²) in [5, 5.41) is 0. The molecular weight excluding hydrogens is 210 g/mol. The molecule has 2 N–H and O–H groups in total. The molecule has 0 aliphatic heterocycles. The zero-order chi connectivity index (χ0) is 10.9. The first-order chi connectivity index (χ1) is 6.43. The van der Waals surface area contributed by atoms with Gasteiger partial charge in [0.05, 0.1) is 4.99 Å². The summed E-state index contributed by atoms with van der Waals surface area (Å²) >= 11 is 10.4. The van der Waals surface area contributed by atoms with Gasteiger partial charge in [-0.25, -0.2) is 0 Å². The first kappa shape index (κ1) is 11.8. The second-order valence-corrected chi connectivity index (χ2v) is 5.24. The fraction of sp³-hybridized carbons (Fsp3) is 0.636. The fourth-order valence-electron chi connectivity index (χ4n) is 1.99. The third-order valence-corrected chi connectivity index (χ3v) is 4.00. The van der Waals surface area contributed by atoms with Gasteiger partial charge in [-0.15, -0.1) is 0 Å². The molecule has 3 unspecified atom stereocenters. The number of hydrogen-bond donors (Lipinski definition) is 1. The van der Waals surface area contributed by atoms with Crippen LogP contribution in [0.2, 0.25) is 0 Å². The van der Waals surface area contributed by atoms with Gasteiger partial charge in [0, 0.05) is 5.92 Å². The lowest BCUT2D eigenvalue weighted by Gasteiger charge is -2.34. The van der Waals surface area contributed by atoms with Crippen LogP contribution in [-0.2, 0) is 0 Å². The van der Waals surface area contributed by atoms with Crippen LogP contribution >= 0.6 is 24.4 Å². The summed E-state index contributed by atoms with van der Waals surface area (Å²) in [5.74, 6) is 1.11.